The summed E-state index contributed by atoms with van der Waals surface area (Å²) in [5, 5.41) is 6.89. The first-order chi connectivity index (χ1) is 11.1. The second-order valence-corrected chi connectivity index (χ2v) is 6.12. The van der Waals surface area contributed by atoms with Gasteiger partial charge in [0, 0.05) is 17.2 Å². The van der Waals surface area contributed by atoms with Crippen LogP contribution < -0.4 is 5.43 Å². The van der Waals surface area contributed by atoms with E-state index in [1.54, 1.807) is 18.3 Å². The van der Waals surface area contributed by atoms with Crippen LogP contribution in [0.15, 0.2) is 58.0 Å². The van der Waals surface area contributed by atoms with E-state index in [9.17, 15) is 4.39 Å². The molecule has 0 radical (unpaired) electrons. The number of aliphatic imine (C=N–C) groups is 1. The van der Waals surface area contributed by atoms with E-state index in [0.717, 1.165) is 16.8 Å². The van der Waals surface area contributed by atoms with Gasteiger partial charge in [0.25, 0.3) is 0 Å². The molecule has 23 heavy (non-hydrogen) atoms. The molecule has 1 N–H and O–H groups in total. The van der Waals surface area contributed by atoms with Crippen LogP contribution in [0.2, 0.25) is 0 Å². The molecule has 5 heteroatoms. The Morgan fingerprint density at radius 3 is 2.57 bits per heavy atom. The second-order valence-electron chi connectivity index (χ2n) is 5.28. The molecule has 0 amide bonds. The average molecular weight is 325 g/mol. The van der Waals surface area contributed by atoms with Crippen LogP contribution in [0, 0.1) is 19.7 Å². The maximum absolute atomic E-state index is 12.9. The van der Waals surface area contributed by atoms with Gasteiger partial charge < -0.3 is 0 Å². The number of amidine groups is 1. The van der Waals surface area contributed by atoms with Crippen molar-refractivity contribution >= 4 is 28.8 Å². The third-order valence-corrected chi connectivity index (χ3v) is 4.18. The lowest BCUT2D eigenvalue weighted by molar-refractivity contribution is 0.628. The zero-order valence-electron chi connectivity index (χ0n) is 12.9. The molecule has 1 aliphatic heterocycles. The highest BCUT2D eigenvalue weighted by Crippen LogP contribution is 2.24. The van der Waals surface area contributed by atoms with Gasteiger partial charge in [-0.25, -0.2) is 9.38 Å². The summed E-state index contributed by atoms with van der Waals surface area (Å²) >= 11 is 1.45. The quantitative estimate of drug-likeness (QED) is 0.827. The first-order valence-corrected chi connectivity index (χ1v) is 8.07. The summed E-state index contributed by atoms with van der Waals surface area (Å²) in [6.45, 7) is 4.16. The Labute approximate surface area is 139 Å². The van der Waals surface area contributed by atoms with Crippen molar-refractivity contribution in [1.82, 2.24) is 5.43 Å². The Bertz CT molecular complexity index is 808. The van der Waals surface area contributed by atoms with Gasteiger partial charge in [-0.3, -0.25) is 5.43 Å². The minimum absolute atomic E-state index is 0.255. The van der Waals surface area contributed by atoms with E-state index >= 15 is 0 Å². The van der Waals surface area contributed by atoms with E-state index in [-0.39, 0.29) is 5.82 Å². The van der Waals surface area contributed by atoms with Crippen molar-refractivity contribution in [2.75, 3.05) is 0 Å². The SMILES string of the molecule is Cc1ccc(C2=CSC(/N=C\c3ccc(F)cc3)=NN2)c(C)c1. The predicted molar refractivity (Wildman–Crippen MR) is 96.0 cm³/mol. The standard InChI is InChI=1S/C18H16FN3S/c1-12-3-8-16(13(2)9-12)17-11-23-18(22-21-17)20-10-14-4-6-15(19)7-5-14/h3-11,21H,1-2H3/b20-10-. The van der Waals surface area contributed by atoms with Crippen LogP contribution in [0.4, 0.5) is 4.39 Å². The smallest absolute Gasteiger partial charge is 0.210 e. The molecule has 3 nitrogen and oxygen atoms in total. The molecule has 0 spiro atoms. The monoisotopic (exact) mass is 325 g/mol. The summed E-state index contributed by atoms with van der Waals surface area (Å²) in [6, 6.07) is 12.5. The van der Waals surface area contributed by atoms with Crippen molar-refractivity contribution in [2.24, 2.45) is 10.1 Å². The Morgan fingerprint density at radius 1 is 1.13 bits per heavy atom. The second kappa shape index (κ2) is 6.79. The van der Waals surface area contributed by atoms with Crippen molar-refractivity contribution in [3.8, 4) is 0 Å². The van der Waals surface area contributed by atoms with Crippen LogP contribution in [0.25, 0.3) is 5.70 Å². The molecular formula is C18H16FN3S. The molecule has 0 unspecified atom stereocenters. The number of benzene rings is 2. The van der Waals surface area contributed by atoms with Crippen molar-refractivity contribution < 1.29 is 4.39 Å². The van der Waals surface area contributed by atoms with E-state index in [0.29, 0.717) is 5.17 Å². The number of nitrogens with zero attached hydrogens (tertiary/aromatic N) is 2. The largest absolute Gasteiger partial charge is 0.275 e. The van der Waals surface area contributed by atoms with Crippen LogP contribution in [0.5, 0.6) is 0 Å². The number of hydrazone groups is 1. The Morgan fingerprint density at radius 2 is 1.91 bits per heavy atom. The highest BCUT2D eigenvalue weighted by Gasteiger charge is 2.10. The predicted octanol–water partition coefficient (Wildman–Crippen LogP) is 4.47. The van der Waals surface area contributed by atoms with Gasteiger partial charge in [0.2, 0.25) is 5.17 Å². The van der Waals surface area contributed by atoms with Crippen LogP contribution in [0.1, 0.15) is 22.3 Å². The van der Waals surface area contributed by atoms with Crippen LogP contribution in [-0.2, 0) is 0 Å². The third-order valence-electron chi connectivity index (χ3n) is 3.42. The molecule has 3 rings (SSSR count). The molecule has 0 saturated heterocycles. The van der Waals surface area contributed by atoms with Crippen molar-refractivity contribution in [3.63, 3.8) is 0 Å². The van der Waals surface area contributed by atoms with E-state index in [2.05, 4.69) is 47.6 Å². The number of halogens is 1. The summed E-state index contributed by atoms with van der Waals surface area (Å²) in [5.41, 5.74) is 8.42. The topological polar surface area (TPSA) is 36.8 Å². The number of aryl methyl sites for hydroxylation is 2. The number of nitrogens with one attached hydrogen (secondary N) is 1. The number of thioether (sulfide) groups is 1. The fraction of sp³-hybridized carbons (Fsp3) is 0.111. The molecular weight excluding hydrogens is 309 g/mol. The summed E-state index contributed by atoms with van der Waals surface area (Å²) < 4.78 is 12.9. The van der Waals surface area contributed by atoms with E-state index < -0.39 is 0 Å². The van der Waals surface area contributed by atoms with Gasteiger partial charge in [-0.05, 0) is 37.1 Å². The fourth-order valence-electron chi connectivity index (χ4n) is 2.25. The lowest BCUT2D eigenvalue weighted by Gasteiger charge is -2.14. The lowest BCUT2D eigenvalue weighted by atomic mass is 10.0. The van der Waals surface area contributed by atoms with Crippen molar-refractivity contribution in [2.45, 2.75) is 13.8 Å². The minimum Gasteiger partial charge on any atom is -0.275 e. The van der Waals surface area contributed by atoms with E-state index in [4.69, 9.17) is 0 Å². The van der Waals surface area contributed by atoms with Crippen molar-refractivity contribution in [3.05, 3.63) is 75.9 Å². The lowest BCUT2D eigenvalue weighted by Crippen LogP contribution is -2.11. The minimum atomic E-state index is -0.255. The summed E-state index contributed by atoms with van der Waals surface area (Å²) in [7, 11) is 0. The highest BCUT2D eigenvalue weighted by atomic mass is 32.2. The molecule has 2 aromatic carbocycles. The van der Waals surface area contributed by atoms with Crippen molar-refractivity contribution in [1.29, 1.82) is 0 Å². The zero-order valence-corrected chi connectivity index (χ0v) is 13.7. The summed E-state index contributed by atoms with van der Waals surface area (Å²) in [6.07, 6.45) is 1.67. The molecule has 2 aromatic rings. The van der Waals surface area contributed by atoms with E-state index in [1.165, 1.54) is 35.0 Å². The molecule has 0 bridgehead atoms. The molecule has 0 atom stereocenters. The van der Waals surface area contributed by atoms with Gasteiger partial charge in [-0.2, -0.15) is 0 Å². The van der Waals surface area contributed by atoms with Gasteiger partial charge in [-0.1, -0.05) is 47.7 Å². The highest BCUT2D eigenvalue weighted by molar-refractivity contribution is 8.16. The van der Waals surface area contributed by atoms with Gasteiger partial charge >= 0.3 is 0 Å². The van der Waals surface area contributed by atoms with Gasteiger partial charge in [0.15, 0.2) is 0 Å². The molecule has 1 heterocycles. The number of hydrogen-bond donors (Lipinski definition) is 1. The molecule has 0 saturated carbocycles. The normalized spacial score (nSPS) is 14.4. The molecule has 0 fully saturated rings. The number of hydrogen-bond acceptors (Lipinski definition) is 4. The first-order valence-electron chi connectivity index (χ1n) is 7.19. The Balaban J connectivity index is 1.69. The maximum Gasteiger partial charge on any atom is 0.210 e. The van der Waals surface area contributed by atoms with E-state index in [1.807, 2.05) is 5.41 Å². The molecule has 1 aliphatic rings. The van der Waals surface area contributed by atoms with Crippen LogP contribution in [-0.4, -0.2) is 11.4 Å². The Hall–Kier alpha value is -2.40. The number of rotatable bonds is 2. The van der Waals surface area contributed by atoms with Crippen LogP contribution in [0.3, 0.4) is 0 Å². The third kappa shape index (κ3) is 3.87. The summed E-state index contributed by atoms with van der Waals surface area (Å²) in [5.74, 6) is -0.255. The molecule has 0 aromatic heterocycles. The molecule has 116 valence electrons. The first kappa shape index (κ1) is 15.5. The maximum atomic E-state index is 12.9. The fourth-order valence-corrected chi connectivity index (χ4v) is 2.86. The van der Waals surface area contributed by atoms with Gasteiger partial charge in [0.05, 0.1) is 5.70 Å². The van der Waals surface area contributed by atoms with Gasteiger partial charge in [-0.15, -0.1) is 5.10 Å². The summed E-state index contributed by atoms with van der Waals surface area (Å²) in [4.78, 5) is 4.31. The average Bonchev–Trinajstić information content (AvgIpc) is 2.55. The Kier molecular flexibility index (Phi) is 4.57. The van der Waals surface area contributed by atoms with Gasteiger partial charge in [0.1, 0.15) is 5.82 Å². The zero-order chi connectivity index (χ0) is 16.2. The van der Waals surface area contributed by atoms with Crippen LogP contribution >= 0.6 is 11.8 Å². The molecule has 0 aliphatic carbocycles.